The smallest absolute Gasteiger partial charge is 0.272 e. The summed E-state index contributed by atoms with van der Waals surface area (Å²) < 4.78 is 12.3. The molecule has 1 aromatic heterocycles. The van der Waals surface area contributed by atoms with E-state index in [-0.39, 0.29) is 17.2 Å². The van der Waals surface area contributed by atoms with Gasteiger partial charge in [0.1, 0.15) is 0 Å². The minimum Gasteiger partial charge on any atom is -0.493 e. The fourth-order valence-electron chi connectivity index (χ4n) is 5.44. The number of hydrogen-bond donors (Lipinski definition) is 2. The molecule has 4 aromatic rings. The van der Waals surface area contributed by atoms with Crippen molar-refractivity contribution >= 4 is 28.4 Å². The lowest BCUT2D eigenvalue weighted by Gasteiger charge is -2.30. The second-order valence-electron chi connectivity index (χ2n) is 9.76. The predicted molar refractivity (Wildman–Crippen MR) is 147 cm³/mol. The second-order valence-corrected chi connectivity index (χ2v) is 9.76. The Kier molecular flexibility index (Phi) is 7.05. The highest BCUT2D eigenvalue weighted by atomic mass is 16.5. The van der Waals surface area contributed by atoms with E-state index in [0.717, 1.165) is 42.1 Å². The molecule has 196 valence electrons. The zero-order valence-electron chi connectivity index (χ0n) is 21.9. The third-order valence-electron chi connectivity index (χ3n) is 7.50. The highest BCUT2D eigenvalue weighted by molar-refractivity contribution is 6.05. The van der Waals surface area contributed by atoms with Crippen molar-refractivity contribution in [3.63, 3.8) is 0 Å². The summed E-state index contributed by atoms with van der Waals surface area (Å²) in [5.74, 6) is 0.648. The molecule has 0 atom stereocenters. The quantitative estimate of drug-likeness (QED) is 0.343. The van der Waals surface area contributed by atoms with Crippen LogP contribution in [0, 0.1) is 0 Å². The van der Waals surface area contributed by atoms with E-state index in [9.17, 15) is 9.59 Å². The van der Waals surface area contributed by atoms with Crippen LogP contribution in [0.3, 0.4) is 0 Å². The van der Waals surface area contributed by atoms with Gasteiger partial charge in [0.2, 0.25) is 0 Å². The first-order chi connectivity index (χ1) is 18.4. The summed E-state index contributed by atoms with van der Waals surface area (Å²) in [6.45, 7) is 0.504. The van der Waals surface area contributed by atoms with Crippen molar-refractivity contribution in [1.82, 2.24) is 15.1 Å². The highest BCUT2D eigenvalue weighted by Gasteiger charge is 2.36. The topological polar surface area (TPSA) is 94.5 Å². The lowest BCUT2D eigenvalue weighted by Crippen LogP contribution is -2.39. The summed E-state index contributed by atoms with van der Waals surface area (Å²) in [4.78, 5) is 26.2. The van der Waals surface area contributed by atoms with Crippen molar-refractivity contribution < 1.29 is 19.1 Å². The minimum atomic E-state index is -0.237. The SMILES string of the molecule is COc1ccc(C(=O)Nc2cccc(C3(CNC(=O)c4nn(C)c5ccccc45)CCCC3)c2)cc1OC. The maximum atomic E-state index is 13.2. The first-order valence-corrected chi connectivity index (χ1v) is 12.8. The van der Waals surface area contributed by atoms with E-state index in [1.165, 1.54) is 0 Å². The minimum absolute atomic E-state index is 0.175. The zero-order chi connectivity index (χ0) is 26.7. The third-order valence-corrected chi connectivity index (χ3v) is 7.50. The number of anilines is 1. The van der Waals surface area contributed by atoms with Crippen LogP contribution in [0.1, 0.15) is 52.1 Å². The average Bonchev–Trinajstić information content (AvgIpc) is 3.57. The molecular weight excluding hydrogens is 480 g/mol. The molecule has 0 saturated heterocycles. The van der Waals surface area contributed by atoms with E-state index < -0.39 is 0 Å². The van der Waals surface area contributed by atoms with Crippen LogP contribution < -0.4 is 20.1 Å². The molecule has 8 nitrogen and oxygen atoms in total. The summed E-state index contributed by atoms with van der Waals surface area (Å²) in [5, 5.41) is 11.5. The summed E-state index contributed by atoms with van der Waals surface area (Å²) in [5.41, 5.74) is 3.43. The number of rotatable bonds is 8. The first kappa shape index (κ1) is 25.3. The lowest BCUT2D eigenvalue weighted by molar-refractivity contribution is 0.0938. The molecule has 0 unspecified atom stereocenters. The van der Waals surface area contributed by atoms with Crippen LogP contribution in [-0.4, -0.2) is 42.4 Å². The summed E-state index contributed by atoms with van der Waals surface area (Å²) in [6, 6.07) is 20.8. The highest BCUT2D eigenvalue weighted by Crippen LogP contribution is 2.41. The molecule has 3 aromatic carbocycles. The van der Waals surface area contributed by atoms with Crippen LogP contribution in [-0.2, 0) is 12.5 Å². The molecule has 0 spiro atoms. The molecule has 1 aliphatic carbocycles. The number of carbonyl (C=O) groups excluding carboxylic acids is 2. The number of ether oxygens (including phenoxy) is 2. The zero-order valence-corrected chi connectivity index (χ0v) is 21.9. The predicted octanol–water partition coefficient (Wildman–Crippen LogP) is 5.08. The van der Waals surface area contributed by atoms with Crippen LogP contribution in [0.15, 0.2) is 66.7 Å². The molecular formula is C30H32N4O4. The largest absolute Gasteiger partial charge is 0.493 e. The van der Waals surface area contributed by atoms with Crippen LogP contribution in [0.25, 0.3) is 10.9 Å². The van der Waals surface area contributed by atoms with Gasteiger partial charge in [-0.1, -0.05) is 43.2 Å². The van der Waals surface area contributed by atoms with E-state index in [2.05, 4.69) is 21.8 Å². The molecule has 1 aliphatic rings. The normalized spacial score (nSPS) is 14.3. The molecule has 38 heavy (non-hydrogen) atoms. The van der Waals surface area contributed by atoms with Crippen molar-refractivity contribution in [2.75, 3.05) is 26.1 Å². The Bertz CT molecular complexity index is 1490. The maximum Gasteiger partial charge on any atom is 0.272 e. The summed E-state index contributed by atoms with van der Waals surface area (Å²) >= 11 is 0. The van der Waals surface area contributed by atoms with Gasteiger partial charge < -0.3 is 20.1 Å². The van der Waals surface area contributed by atoms with Crippen LogP contribution in [0.2, 0.25) is 0 Å². The van der Waals surface area contributed by atoms with Gasteiger partial charge in [0.05, 0.1) is 19.7 Å². The monoisotopic (exact) mass is 512 g/mol. The molecule has 0 bridgehead atoms. The van der Waals surface area contributed by atoms with Gasteiger partial charge >= 0.3 is 0 Å². The van der Waals surface area contributed by atoms with Crippen molar-refractivity contribution in [2.45, 2.75) is 31.1 Å². The van der Waals surface area contributed by atoms with Gasteiger partial charge in [-0.3, -0.25) is 14.3 Å². The Morgan fingerprint density at radius 1 is 0.921 bits per heavy atom. The number of nitrogens with one attached hydrogen (secondary N) is 2. The number of benzene rings is 3. The third kappa shape index (κ3) is 4.81. The summed E-state index contributed by atoms with van der Waals surface area (Å²) in [6.07, 6.45) is 4.10. The van der Waals surface area contributed by atoms with E-state index in [1.54, 1.807) is 37.1 Å². The van der Waals surface area contributed by atoms with Gasteiger partial charge in [-0.05, 0) is 54.8 Å². The van der Waals surface area contributed by atoms with E-state index >= 15 is 0 Å². The standard InChI is InChI=1S/C30H32N4O4/c1-34-24-12-5-4-11-23(24)27(33-34)29(36)31-19-30(15-6-7-16-30)21-9-8-10-22(18-21)32-28(35)20-13-14-25(37-2)26(17-20)38-3/h4-5,8-14,17-18H,6-7,15-16,19H2,1-3H3,(H,31,36)(H,32,35). The van der Waals surface area contributed by atoms with E-state index in [1.807, 2.05) is 49.5 Å². The van der Waals surface area contributed by atoms with Crippen molar-refractivity contribution in [2.24, 2.45) is 7.05 Å². The van der Waals surface area contributed by atoms with Gasteiger partial charge in [-0.25, -0.2) is 0 Å². The molecule has 1 saturated carbocycles. The van der Waals surface area contributed by atoms with Gasteiger partial charge in [-0.15, -0.1) is 0 Å². The number of hydrogen-bond acceptors (Lipinski definition) is 5. The molecule has 0 aliphatic heterocycles. The van der Waals surface area contributed by atoms with Crippen molar-refractivity contribution in [3.8, 4) is 11.5 Å². The Morgan fingerprint density at radius 3 is 2.45 bits per heavy atom. The summed E-state index contributed by atoms with van der Waals surface area (Å²) in [7, 11) is 4.95. The number of carbonyl (C=O) groups is 2. The molecule has 1 heterocycles. The van der Waals surface area contributed by atoms with Crippen molar-refractivity contribution in [3.05, 3.63) is 83.6 Å². The van der Waals surface area contributed by atoms with Crippen molar-refractivity contribution in [1.29, 1.82) is 0 Å². The fraction of sp³-hybridized carbons (Fsp3) is 0.300. The van der Waals surface area contributed by atoms with E-state index in [0.29, 0.717) is 35.0 Å². The fourth-order valence-corrected chi connectivity index (χ4v) is 5.44. The molecule has 5 rings (SSSR count). The second kappa shape index (κ2) is 10.6. The number of fused-ring (bicyclic) bond motifs is 1. The number of aryl methyl sites for hydroxylation is 1. The van der Waals surface area contributed by atoms with Gasteiger partial charge in [-0.2, -0.15) is 5.10 Å². The Morgan fingerprint density at radius 2 is 1.68 bits per heavy atom. The van der Waals surface area contributed by atoms with E-state index in [4.69, 9.17) is 9.47 Å². The molecule has 8 heteroatoms. The Balaban J connectivity index is 1.34. The average molecular weight is 513 g/mol. The van der Waals surface area contributed by atoms with Crippen LogP contribution in [0.5, 0.6) is 11.5 Å². The van der Waals surface area contributed by atoms with Gasteiger partial charge in [0.15, 0.2) is 17.2 Å². The molecule has 0 radical (unpaired) electrons. The number of aromatic nitrogens is 2. The lowest BCUT2D eigenvalue weighted by atomic mass is 9.78. The Hall–Kier alpha value is -4.33. The van der Waals surface area contributed by atoms with Crippen LogP contribution >= 0.6 is 0 Å². The number of para-hydroxylation sites is 1. The number of methoxy groups -OCH3 is 2. The molecule has 2 N–H and O–H groups in total. The molecule has 1 fully saturated rings. The number of amides is 2. The maximum absolute atomic E-state index is 13.2. The van der Waals surface area contributed by atoms with Gasteiger partial charge in [0.25, 0.3) is 11.8 Å². The molecule has 2 amide bonds. The number of nitrogens with zero attached hydrogens (tertiary/aromatic N) is 2. The Labute approximate surface area is 221 Å². The first-order valence-electron chi connectivity index (χ1n) is 12.8. The van der Waals surface area contributed by atoms with Crippen LogP contribution in [0.4, 0.5) is 5.69 Å². The van der Waals surface area contributed by atoms with Gasteiger partial charge in [0, 0.05) is 35.6 Å².